The fraction of sp³-hybridized carbons (Fsp3) is 0.0435. The molecule has 174 valence electrons. The summed E-state index contributed by atoms with van der Waals surface area (Å²) in [5.74, 6) is -0.451. The second kappa shape index (κ2) is 10.8. The van der Waals surface area contributed by atoms with E-state index < -0.39 is 16.0 Å². The highest BCUT2D eigenvalue weighted by Gasteiger charge is 2.22. The van der Waals surface area contributed by atoms with Crippen LogP contribution in [0, 0.1) is 11.3 Å². The molecule has 0 spiro atoms. The molecule has 0 atom stereocenters. The van der Waals surface area contributed by atoms with E-state index in [4.69, 9.17) is 43.7 Å². The minimum atomic E-state index is -4.32. The number of nitrogens with one attached hydrogen (secondary N) is 1. The lowest BCUT2D eigenvalue weighted by molar-refractivity contribution is -0.112. The van der Waals surface area contributed by atoms with Crippen molar-refractivity contribution >= 4 is 62.6 Å². The number of carbonyl (C=O) groups excluding carboxylic acids is 1. The van der Waals surface area contributed by atoms with Gasteiger partial charge in [0.2, 0.25) is 0 Å². The average molecular weight is 538 g/mol. The molecule has 0 bridgehead atoms. The van der Waals surface area contributed by atoms with Crippen LogP contribution < -0.4 is 14.2 Å². The maximum Gasteiger partial charge on any atom is 0.339 e. The van der Waals surface area contributed by atoms with E-state index >= 15 is 0 Å². The predicted octanol–water partition coefficient (Wildman–Crippen LogP) is 5.97. The molecule has 0 saturated heterocycles. The summed E-state index contributed by atoms with van der Waals surface area (Å²) in [6, 6.07) is 16.1. The van der Waals surface area contributed by atoms with Crippen LogP contribution in [0.4, 0.5) is 5.69 Å². The average Bonchev–Trinajstić information content (AvgIpc) is 2.80. The summed E-state index contributed by atoms with van der Waals surface area (Å²) in [5, 5.41) is 12.5. The molecular formula is C23H15Cl3N2O5S. The predicted molar refractivity (Wildman–Crippen MR) is 131 cm³/mol. The van der Waals surface area contributed by atoms with Crippen molar-refractivity contribution in [2.45, 2.75) is 4.90 Å². The Morgan fingerprint density at radius 1 is 1.00 bits per heavy atom. The molecule has 0 fully saturated rings. The first-order chi connectivity index (χ1) is 16.1. The number of nitriles is 1. The number of hydrogen-bond acceptors (Lipinski definition) is 6. The Kier molecular flexibility index (Phi) is 8.07. The van der Waals surface area contributed by atoms with Gasteiger partial charge in [-0.25, -0.2) is 0 Å². The van der Waals surface area contributed by atoms with Gasteiger partial charge in [0.1, 0.15) is 22.3 Å². The van der Waals surface area contributed by atoms with Crippen molar-refractivity contribution in [3.63, 3.8) is 0 Å². The van der Waals surface area contributed by atoms with Gasteiger partial charge in [-0.15, -0.1) is 0 Å². The van der Waals surface area contributed by atoms with E-state index in [1.54, 1.807) is 30.3 Å². The second-order valence-electron chi connectivity index (χ2n) is 6.65. The van der Waals surface area contributed by atoms with E-state index in [0.29, 0.717) is 16.5 Å². The molecule has 34 heavy (non-hydrogen) atoms. The maximum atomic E-state index is 12.8. The monoisotopic (exact) mass is 536 g/mol. The van der Waals surface area contributed by atoms with Crippen molar-refractivity contribution in [3.05, 3.63) is 86.9 Å². The lowest BCUT2D eigenvalue weighted by atomic mass is 10.1. The molecule has 11 heteroatoms. The van der Waals surface area contributed by atoms with E-state index in [1.165, 1.54) is 43.5 Å². The van der Waals surface area contributed by atoms with Gasteiger partial charge in [0, 0.05) is 21.3 Å². The largest absolute Gasteiger partial charge is 0.497 e. The van der Waals surface area contributed by atoms with Crippen molar-refractivity contribution in [2.24, 2.45) is 0 Å². The third kappa shape index (κ3) is 6.22. The quantitative estimate of drug-likeness (QED) is 0.226. The first-order valence-corrected chi connectivity index (χ1v) is 11.9. The first kappa shape index (κ1) is 25.4. The molecule has 1 N–H and O–H groups in total. The molecule has 0 heterocycles. The minimum absolute atomic E-state index is 0.0106. The molecule has 3 rings (SSSR count). The summed E-state index contributed by atoms with van der Waals surface area (Å²) in [7, 11) is -2.81. The summed E-state index contributed by atoms with van der Waals surface area (Å²) >= 11 is 18.1. The Morgan fingerprint density at radius 2 is 1.65 bits per heavy atom. The number of carbonyl (C=O) groups is 1. The lowest BCUT2D eigenvalue weighted by Gasteiger charge is -2.12. The van der Waals surface area contributed by atoms with Crippen molar-refractivity contribution in [1.82, 2.24) is 0 Å². The Balaban J connectivity index is 1.96. The Hall–Kier alpha value is -3.22. The minimum Gasteiger partial charge on any atom is -0.497 e. The van der Waals surface area contributed by atoms with Gasteiger partial charge >= 0.3 is 10.1 Å². The summed E-state index contributed by atoms with van der Waals surface area (Å²) in [5.41, 5.74) is 0.0808. The summed E-state index contributed by atoms with van der Waals surface area (Å²) < 4.78 is 35.8. The van der Waals surface area contributed by atoms with Gasteiger partial charge in [-0.3, -0.25) is 4.79 Å². The van der Waals surface area contributed by atoms with Gasteiger partial charge < -0.3 is 14.2 Å². The molecule has 0 aliphatic heterocycles. The van der Waals surface area contributed by atoms with Crippen LogP contribution in [0.5, 0.6) is 11.5 Å². The first-order valence-electron chi connectivity index (χ1n) is 9.39. The van der Waals surface area contributed by atoms with Crippen LogP contribution in [-0.2, 0) is 14.9 Å². The smallest absolute Gasteiger partial charge is 0.339 e. The third-order valence-corrected chi connectivity index (χ3v) is 6.33. The molecule has 7 nitrogen and oxygen atoms in total. The summed E-state index contributed by atoms with van der Waals surface area (Å²) in [6.07, 6.45) is 1.13. The molecule has 3 aromatic carbocycles. The lowest BCUT2D eigenvalue weighted by Crippen LogP contribution is -2.14. The van der Waals surface area contributed by atoms with Crippen molar-refractivity contribution in [2.75, 3.05) is 12.4 Å². The Labute approximate surface area is 211 Å². The number of nitrogens with zero attached hydrogens (tertiary/aromatic N) is 1. The Bertz CT molecular complexity index is 1400. The van der Waals surface area contributed by atoms with Crippen LogP contribution in [0.3, 0.4) is 0 Å². The van der Waals surface area contributed by atoms with E-state index in [-0.39, 0.29) is 31.8 Å². The molecule has 3 aromatic rings. The zero-order valence-electron chi connectivity index (χ0n) is 17.4. The normalized spacial score (nSPS) is 11.4. The zero-order chi connectivity index (χ0) is 24.9. The number of amides is 1. The van der Waals surface area contributed by atoms with Gasteiger partial charge in [-0.1, -0.05) is 34.8 Å². The highest BCUT2D eigenvalue weighted by molar-refractivity contribution is 7.87. The van der Waals surface area contributed by atoms with Gasteiger partial charge in [0.25, 0.3) is 5.91 Å². The highest BCUT2D eigenvalue weighted by Crippen LogP contribution is 2.36. The topological polar surface area (TPSA) is 105 Å². The SMILES string of the molecule is COc1ccc(NC(=O)/C(C#N)=C/c2cc(Cl)cc(Cl)c2OS(=O)(=O)c2ccc(Cl)cc2)cc1. The van der Waals surface area contributed by atoms with Crippen molar-refractivity contribution in [3.8, 4) is 17.6 Å². The summed E-state index contributed by atoms with van der Waals surface area (Å²) in [6.45, 7) is 0. The fourth-order valence-corrected chi connectivity index (χ4v) is 4.40. The zero-order valence-corrected chi connectivity index (χ0v) is 20.5. The number of rotatable bonds is 7. The molecule has 0 radical (unpaired) electrons. The van der Waals surface area contributed by atoms with E-state index in [9.17, 15) is 18.5 Å². The molecular weight excluding hydrogens is 523 g/mol. The number of hydrogen-bond donors (Lipinski definition) is 1. The van der Waals surface area contributed by atoms with Gasteiger partial charge in [0.05, 0.1) is 12.1 Å². The standard InChI is InChI=1S/C23H15Cl3N2O5S/c1-32-19-6-4-18(5-7-19)28-23(29)15(13-27)10-14-11-17(25)12-21(26)22(14)33-34(30,31)20-8-2-16(24)3-9-20/h2-12H,1H3,(H,28,29)/b15-10+. The number of halogens is 3. The second-order valence-corrected chi connectivity index (χ2v) is 9.48. The number of ether oxygens (including phenoxy) is 1. The number of benzene rings is 3. The Morgan fingerprint density at radius 3 is 2.24 bits per heavy atom. The van der Waals surface area contributed by atoms with Crippen molar-refractivity contribution in [1.29, 1.82) is 5.26 Å². The van der Waals surface area contributed by atoms with Crippen LogP contribution in [-0.4, -0.2) is 21.4 Å². The molecule has 0 saturated carbocycles. The maximum absolute atomic E-state index is 12.8. The van der Waals surface area contributed by atoms with Crippen LogP contribution in [0.1, 0.15) is 5.56 Å². The molecule has 0 aliphatic carbocycles. The number of anilines is 1. The third-order valence-electron chi connectivity index (χ3n) is 4.35. The van der Waals surface area contributed by atoms with Gasteiger partial charge in [-0.2, -0.15) is 13.7 Å². The highest BCUT2D eigenvalue weighted by atomic mass is 35.5. The van der Waals surface area contributed by atoms with Crippen LogP contribution in [0.15, 0.2) is 71.1 Å². The van der Waals surface area contributed by atoms with E-state index in [0.717, 1.165) is 6.08 Å². The van der Waals surface area contributed by atoms with Gasteiger partial charge in [-0.05, 0) is 66.7 Å². The van der Waals surface area contributed by atoms with E-state index in [2.05, 4.69) is 5.32 Å². The molecule has 0 aromatic heterocycles. The number of methoxy groups -OCH3 is 1. The van der Waals surface area contributed by atoms with Crippen molar-refractivity contribution < 1.29 is 22.1 Å². The van der Waals surface area contributed by atoms with E-state index in [1.807, 2.05) is 0 Å². The van der Waals surface area contributed by atoms with Gasteiger partial charge in [0.15, 0.2) is 5.75 Å². The van der Waals surface area contributed by atoms with Crippen LogP contribution >= 0.6 is 34.8 Å². The van der Waals surface area contributed by atoms with Crippen LogP contribution in [0.25, 0.3) is 6.08 Å². The molecule has 0 aliphatic rings. The molecule has 1 amide bonds. The fourth-order valence-electron chi connectivity index (χ4n) is 2.71. The molecule has 0 unspecified atom stereocenters. The summed E-state index contributed by atoms with van der Waals surface area (Å²) in [4.78, 5) is 12.5. The van der Waals surface area contributed by atoms with Crippen LogP contribution in [0.2, 0.25) is 15.1 Å².